The molecule has 2 aliphatic rings. The fourth-order valence-corrected chi connectivity index (χ4v) is 3.54. The Morgan fingerprint density at radius 3 is 2.35 bits per heavy atom. The van der Waals surface area contributed by atoms with E-state index in [1.165, 1.54) is 37.0 Å². The number of aromatic nitrogens is 2. The van der Waals surface area contributed by atoms with Gasteiger partial charge in [0.25, 0.3) is 0 Å². The summed E-state index contributed by atoms with van der Waals surface area (Å²) in [6.45, 7) is 4.50. The number of hydrogen-bond acceptors (Lipinski definition) is 2. The predicted molar refractivity (Wildman–Crippen MR) is 82.7 cm³/mol. The highest BCUT2D eigenvalue weighted by atomic mass is 15.1. The summed E-state index contributed by atoms with van der Waals surface area (Å²) in [7, 11) is 0. The average Bonchev–Trinajstić information content (AvgIpc) is 3.28. The van der Waals surface area contributed by atoms with Crippen LogP contribution in [0.2, 0.25) is 0 Å². The average molecular weight is 269 g/mol. The molecule has 2 N–H and O–H groups in total. The Kier molecular flexibility index (Phi) is 2.60. The van der Waals surface area contributed by atoms with Crippen LogP contribution in [0.5, 0.6) is 0 Å². The Bertz CT molecular complexity index is 636. The molecule has 20 heavy (non-hydrogen) atoms. The van der Waals surface area contributed by atoms with Crippen LogP contribution in [0.15, 0.2) is 18.2 Å². The molecule has 106 valence electrons. The number of anilines is 1. The van der Waals surface area contributed by atoms with Crippen molar-refractivity contribution in [2.24, 2.45) is 11.8 Å². The Balaban J connectivity index is 1.92. The van der Waals surface area contributed by atoms with Crippen LogP contribution in [-0.4, -0.2) is 9.55 Å². The highest BCUT2D eigenvalue weighted by Gasteiger charge is 2.44. The van der Waals surface area contributed by atoms with E-state index in [4.69, 9.17) is 10.7 Å². The quantitative estimate of drug-likeness (QED) is 0.849. The molecule has 0 spiro atoms. The van der Waals surface area contributed by atoms with Gasteiger partial charge in [-0.25, -0.2) is 4.98 Å². The first-order valence-electron chi connectivity index (χ1n) is 7.92. The monoisotopic (exact) mass is 269 g/mol. The summed E-state index contributed by atoms with van der Waals surface area (Å²) in [5.74, 6) is 3.47. The summed E-state index contributed by atoms with van der Waals surface area (Å²) in [4.78, 5) is 4.90. The predicted octanol–water partition coefficient (Wildman–Crippen LogP) is 4.10. The van der Waals surface area contributed by atoms with E-state index in [9.17, 15) is 0 Å². The van der Waals surface area contributed by atoms with Crippen molar-refractivity contribution in [1.29, 1.82) is 0 Å². The molecule has 0 bridgehead atoms. The van der Waals surface area contributed by atoms with E-state index in [1.54, 1.807) is 0 Å². The van der Waals surface area contributed by atoms with Crippen molar-refractivity contribution in [2.45, 2.75) is 51.5 Å². The molecule has 0 atom stereocenters. The van der Waals surface area contributed by atoms with Crippen molar-refractivity contribution in [3.63, 3.8) is 0 Å². The summed E-state index contributed by atoms with van der Waals surface area (Å²) >= 11 is 0. The molecule has 2 fully saturated rings. The van der Waals surface area contributed by atoms with E-state index in [2.05, 4.69) is 24.5 Å². The largest absolute Gasteiger partial charge is 0.399 e. The van der Waals surface area contributed by atoms with Gasteiger partial charge in [-0.2, -0.15) is 0 Å². The highest BCUT2D eigenvalue weighted by molar-refractivity contribution is 5.80. The zero-order chi connectivity index (χ0) is 13.9. The van der Waals surface area contributed by atoms with Crippen molar-refractivity contribution < 1.29 is 0 Å². The molecule has 1 aromatic heterocycles. The van der Waals surface area contributed by atoms with Gasteiger partial charge in [-0.15, -0.1) is 0 Å². The van der Waals surface area contributed by atoms with Gasteiger partial charge in [0.1, 0.15) is 5.82 Å². The van der Waals surface area contributed by atoms with E-state index >= 15 is 0 Å². The molecule has 2 aliphatic carbocycles. The van der Waals surface area contributed by atoms with Crippen LogP contribution in [0.4, 0.5) is 5.69 Å². The first kappa shape index (κ1) is 12.2. The van der Waals surface area contributed by atoms with Crippen LogP contribution in [0, 0.1) is 11.8 Å². The van der Waals surface area contributed by atoms with E-state index < -0.39 is 0 Å². The zero-order valence-electron chi connectivity index (χ0n) is 12.3. The number of imidazole rings is 1. The molecule has 2 saturated carbocycles. The lowest BCUT2D eigenvalue weighted by Crippen LogP contribution is -2.17. The zero-order valence-corrected chi connectivity index (χ0v) is 12.3. The van der Waals surface area contributed by atoms with Gasteiger partial charge in [0.05, 0.1) is 11.0 Å². The van der Waals surface area contributed by atoms with Gasteiger partial charge in [-0.05, 0) is 55.7 Å². The van der Waals surface area contributed by atoms with Crippen LogP contribution in [-0.2, 0) is 0 Å². The number of benzene rings is 1. The van der Waals surface area contributed by atoms with E-state index in [-0.39, 0.29) is 0 Å². The van der Waals surface area contributed by atoms with E-state index in [0.717, 1.165) is 23.0 Å². The molecule has 0 aliphatic heterocycles. The van der Waals surface area contributed by atoms with Gasteiger partial charge in [0.2, 0.25) is 0 Å². The summed E-state index contributed by atoms with van der Waals surface area (Å²) in [5, 5.41) is 0. The topological polar surface area (TPSA) is 43.8 Å². The van der Waals surface area contributed by atoms with Gasteiger partial charge >= 0.3 is 0 Å². The van der Waals surface area contributed by atoms with Gasteiger partial charge in [0.15, 0.2) is 0 Å². The van der Waals surface area contributed by atoms with Crippen molar-refractivity contribution in [2.75, 3.05) is 5.73 Å². The minimum Gasteiger partial charge on any atom is -0.399 e. The second-order valence-corrected chi connectivity index (χ2v) is 6.91. The molecule has 1 aromatic carbocycles. The number of nitrogens with two attached hydrogens (primary N) is 1. The second-order valence-electron chi connectivity index (χ2n) is 6.91. The number of nitrogen functional groups attached to an aromatic ring is 1. The third-order valence-electron chi connectivity index (χ3n) is 4.77. The number of rotatable bonds is 4. The minimum atomic E-state index is 0.462. The van der Waals surface area contributed by atoms with Gasteiger partial charge in [-0.3, -0.25) is 0 Å². The van der Waals surface area contributed by atoms with Crippen LogP contribution in [0.3, 0.4) is 0 Å². The summed E-state index contributed by atoms with van der Waals surface area (Å²) in [5.41, 5.74) is 9.10. The maximum Gasteiger partial charge on any atom is 0.112 e. The third kappa shape index (κ3) is 1.91. The maximum atomic E-state index is 5.93. The molecule has 0 saturated heterocycles. The SMILES string of the molecule is CC(C)c1nc2cc(N)ccc2n1C(C1CC1)C1CC1. The molecule has 4 rings (SSSR count). The Morgan fingerprint density at radius 2 is 1.80 bits per heavy atom. The van der Waals surface area contributed by atoms with Crippen LogP contribution in [0.1, 0.15) is 57.3 Å². The van der Waals surface area contributed by atoms with Crippen molar-refractivity contribution >= 4 is 16.7 Å². The van der Waals surface area contributed by atoms with Crippen LogP contribution in [0.25, 0.3) is 11.0 Å². The lowest BCUT2D eigenvalue weighted by Gasteiger charge is -2.22. The molecule has 0 radical (unpaired) electrons. The van der Waals surface area contributed by atoms with Crippen molar-refractivity contribution in [3.8, 4) is 0 Å². The molecule has 0 amide bonds. The van der Waals surface area contributed by atoms with Crippen molar-refractivity contribution in [1.82, 2.24) is 9.55 Å². The van der Waals surface area contributed by atoms with Gasteiger partial charge in [0, 0.05) is 17.6 Å². The first-order chi connectivity index (χ1) is 9.65. The molecule has 0 unspecified atom stereocenters. The molecule has 1 heterocycles. The standard InChI is InChI=1S/C17H23N3/c1-10(2)17-19-14-9-13(18)7-8-15(14)20(17)16(11-3-4-11)12-5-6-12/h7-12,16H,3-6,18H2,1-2H3. The molecular formula is C17H23N3. The lowest BCUT2D eigenvalue weighted by molar-refractivity contribution is 0.388. The molecule has 3 heteroatoms. The fraction of sp³-hybridized carbons (Fsp3) is 0.588. The van der Waals surface area contributed by atoms with Gasteiger partial charge < -0.3 is 10.3 Å². The van der Waals surface area contributed by atoms with E-state index in [0.29, 0.717) is 12.0 Å². The van der Waals surface area contributed by atoms with Crippen molar-refractivity contribution in [3.05, 3.63) is 24.0 Å². The summed E-state index contributed by atoms with van der Waals surface area (Å²) in [6.07, 6.45) is 5.58. The molecule has 3 nitrogen and oxygen atoms in total. The normalized spacial score (nSPS) is 19.4. The fourth-order valence-electron chi connectivity index (χ4n) is 3.54. The molecule has 2 aromatic rings. The third-order valence-corrected chi connectivity index (χ3v) is 4.77. The highest BCUT2D eigenvalue weighted by Crippen LogP contribution is 2.53. The Hall–Kier alpha value is -1.51. The maximum absolute atomic E-state index is 5.93. The first-order valence-corrected chi connectivity index (χ1v) is 7.92. The minimum absolute atomic E-state index is 0.462. The van der Waals surface area contributed by atoms with Crippen LogP contribution >= 0.6 is 0 Å². The number of fused-ring (bicyclic) bond motifs is 1. The second kappa shape index (κ2) is 4.24. The Morgan fingerprint density at radius 1 is 1.15 bits per heavy atom. The Labute approximate surface area is 120 Å². The number of hydrogen-bond donors (Lipinski definition) is 1. The summed E-state index contributed by atoms with van der Waals surface area (Å²) in [6, 6.07) is 6.89. The van der Waals surface area contributed by atoms with Gasteiger partial charge in [-0.1, -0.05) is 13.8 Å². The smallest absolute Gasteiger partial charge is 0.112 e. The van der Waals surface area contributed by atoms with Crippen LogP contribution < -0.4 is 5.73 Å². The number of nitrogens with zero attached hydrogens (tertiary/aromatic N) is 2. The summed E-state index contributed by atoms with van der Waals surface area (Å²) < 4.78 is 2.56. The van der Waals surface area contributed by atoms with E-state index in [1.807, 2.05) is 12.1 Å². The lowest BCUT2D eigenvalue weighted by atomic mass is 10.1. The molecular weight excluding hydrogens is 246 g/mol.